The Balaban J connectivity index is 1.49. The minimum Gasteiger partial charge on any atom is -0.493 e. The minimum absolute atomic E-state index is 0.0406. The molecule has 0 unspecified atom stereocenters. The summed E-state index contributed by atoms with van der Waals surface area (Å²) in [5.41, 5.74) is 2.33. The first-order valence-corrected chi connectivity index (χ1v) is 8.63. The first-order valence-electron chi connectivity index (χ1n) is 8.63. The highest BCUT2D eigenvalue weighted by Gasteiger charge is 2.09. The Morgan fingerprint density at radius 2 is 1.89 bits per heavy atom. The van der Waals surface area contributed by atoms with Crippen molar-refractivity contribution in [2.75, 3.05) is 11.9 Å². The molecule has 2 aromatic heterocycles. The molecule has 6 nitrogen and oxygen atoms in total. The van der Waals surface area contributed by atoms with E-state index in [4.69, 9.17) is 4.74 Å². The van der Waals surface area contributed by atoms with Gasteiger partial charge in [0.05, 0.1) is 17.1 Å². The molecule has 2 aromatic carbocycles. The zero-order valence-electron chi connectivity index (χ0n) is 15.1. The highest BCUT2D eigenvalue weighted by atomic mass is 19.1. The Labute approximate surface area is 160 Å². The van der Waals surface area contributed by atoms with Gasteiger partial charge in [0, 0.05) is 25.5 Å². The fourth-order valence-electron chi connectivity index (χ4n) is 2.86. The first kappa shape index (κ1) is 17.7. The van der Waals surface area contributed by atoms with Crippen LogP contribution in [0.1, 0.15) is 5.56 Å². The highest BCUT2D eigenvalue weighted by molar-refractivity contribution is 5.82. The van der Waals surface area contributed by atoms with E-state index in [9.17, 15) is 9.50 Å². The van der Waals surface area contributed by atoms with Gasteiger partial charge < -0.3 is 14.7 Å². The lowest BCUT2D eigenvalue weighted by atomic mass is 10.2. The van der Waals surface area contributed by atoms with Gasteiger partial charge in [0.2, 0.25) is 5.88 Å². The number of pyridine rings is 1. The Kier molecular flexibility index (Phi) is 4.72. The van der Waals surface area contributed by atoms with E-state index in [2.05, 4.69) is 15.0 Å². The summed E-state index contributed by atoms with van der Waals surface area (Å²) >= 11 is 0. The van der Waals surface area contributed by atoms with Crippen molar-refractivity contribution in [1.82, 2.24) is 15.0 Å². The van der Waals surface area contributed by atoms with E-state index in [0.29, 0.717) is 23.2 Å². The van der Waals surface area contributed by atoms with Crippen LogP contribution in [-0.4, -0.2) is 27.1 Å². The average Bonchev–Trinajstić information content (AvgIpc) is 2.68. The van der Waals surface area contributed by atoms with Gasteiger partial charge >= 0.3 is 6.01 Å². The van der Waals surface area contributed by atoms with E-state index in [1.807, 2.05) is 30.1 Å². The van der Waals surface area contributed by atoms with Crippen molar-refractivity contribution in [3.63, 3.8) is 0 Å². The Hall–Kier alpha value is -3.74. The zero-order valence-corrected chi connectivity index (χ0v) is 15.1. The Bertz CT molecular complexity index is 1120. The standard InChI is InChI=1S/C21H17FN4O2/c1-26(13-14-3-2-4-15(22)11-14)16-5-7-17(8-6-16)28-21-24-19-12-23-10-9-18(19)20(27)25-21/h2-12H,13H2,1H3,(H,24,25,27). The zero-order chi connectivity index (χ0) is 19.5. The van der Waals surface area contributed by atoms with Crippen LogP contribution in [0.25, 0.3) is 10.9 Å². The lowest BCUT2D eigenvalue weighted by Gasteiger charge is -2.19. The van der Waals surface area contributed by atoms with Crippen molar-refractivity contribution in [3.8, 4) is 17.6 Å². The quantitative estimate of drug-likeness (QED) is 0.560. The molecular formula is C21H17FN4O2. The molecule has 0 radical (unpaired) electrons. The van der Waals surface area contributed by atoms with Gasteiger partial charge in [0.25, 0.3) is 0 Å². The van der Waals surface area contributed by atoms with Gasteiger partial charge in [0.15, 0.2) is 0 Å². The summed E-state index contributed by atoms with van der Waals surface area (Å²) in [6.07, 6.45) is 3.10. The molecule has 0 bridgehead atoms. The smallest absolute Gasteiger partial charge is 0.325 e. The van der Waals surface area contributed by atoms with Crippen LogP contribution < -0.4 is 9.64 Å². The Morgan fingerprint density at radius 3 is 2.68 bits per heavy atom. The average molecular weight is 376 g/mol. The summed E-state index contributed by atoms with van der Waals surface area (Å²) in [4.78, 5) is 14.2. The van der Waals surface area contributed by atoms with Gasteiger partial charge in [-0.25, -0.2) is 4.39 Å². The van der Waals surface area contributed by atoms with Crippen LogP contribution in [0.3, 0.4) is 0 Å². The monoisotopic (exact) mass is 376 g/mol. The molecule has 0 spiro atoms. The molecule has 0 amide bonds. The second kappa shape index (κ2) is 7.48. The van der Waals surface area contributed by atoms with Crippen molar-refractivity contribution in [1.29, 1.82) is 0 Å². The van der Waals surface area contributed by atoms with Crippen molar-refractivity contribution in [2.24, 2.45) is 0 Å². The fraction of sp³-hybridized carbons (Fsp3) is 0.0952. The maximum absolute atomic E-state index is 13.3. The predicted molar refractivity (Wildman–Crippen MR) is 104 cm³/mol. The summed E-state index contributed by atoms with van der Waals surface area (Å²) in [5, 5.41) is 10.5. The highest BCUT2D eigenvalue weighted by Crippen LogP contribution is 2.27. The number of hydrogen-bond donors (Lipinski definition) is 1. The predicted octanol–water partition coefficient (Wildman–Crippen LogP) is 4.30. The molecule has 0 aliphatic heterocycles. The third-order valence-electron chi connectivity index (χ3n) is 4.25. The van der Waals surface area contributed by atoms with Crippen LogP contribution in [0.5, 0.6) is 17.6 Å². The van der Waals surface area contributed by atoms with Crippen LogP contribution >= 0.6 is 0 Å². The van der Waals surface area contributed by atoms with Gasteiger partial charge in [-0.3, -0.25) is 4.98 Å². The molecular weight excluding hydrogens is 359 g/mol. The molecule has 28 heavy (non-hydrogen) atoms. The molecule has 0 atom stereocenters. The van der Waals surface area contributed by atoms with E-state index < -0.39 is 0 Å². The van der Waals surface area contributed by atoms with Gasteiger partial charge in [-0.05, 0) is 48.0 Å². The molecule has 0 aliphatic rings. The molecule has 7 heteroatoms. The number of benzene rings is 2. The maximum Gasteiger partial charge on any atom is 0.325 e. The van der Waals surface area contributed by atoms with Crippen molar-refractivity contribution in [3.05, 3.63) is 78.4 Å². The second-order valence-corrected chi connectivity index (χ2v) is 6.30. The van der Waals surface area contributed by atoms with E-state index >= 15 is 0 Å². The van der Waals surface area contributed by atoms with Crippen molar-refractivity contribution in [2.45, 2.75) is 6.54 Å². The molecule has 4 aromatic rings. The second-order valence-electron chi connectivity index (χ2n) is 6.30. The number of hydrogen-bond acceptors (Lipinski definition) is 6. The molecule has 4 rings (SSSR count). The van der Waals surface area contributed by atoms with Gasteiger partial charge in [-0.1, -0.05) is 12.1 Å². The summed E-state index contributed by atoms with van der Waals surface area (Å²) in [5.74, 6) is 0.128. The minimum atomic E-state index is -0.247. The van der Waals surface area contributed by atoms with Crippen LogP contribution in [0.4, 0.5) is 10.1 Å². The number of aromatic nitrogens is 3. The summed E-state index contributed by atoms with van der Waals surface area (Å²) in [6, 6.07) is 15.5. The summed E-state index contributed by atoms with van der Waals surface area (Å²) < 4.78 is 19.0. The number of halogens is 1. The molecule has 2 heterocycles. The molecule has 0 saturated heterocycles. The number of ether oxygens (including phenoxy) is 1. The third kappa shape index (κ3) is 3.83. The largest absolute Gasteiger partial charge is 0.493 e. The number of aromatic hydroxyl groups is 1. The fourth-order valence-corrected chi connectivity index (χ4v) is 2.86. The number of rotatable bonds is 5. The van der Waals surface area contributed by atoms with E-state index in [0.717, 1.165) is 11.3 Å². The van der Waals surface area contributed by atoms with Crippen LogP contribution in [0.2, 0.25) is 0 Å². The number of fused-ring (bicyclic) bond motifs is 1. The molecule has 0 fully saturated rings. The van der Waals surface area contributed by atoms with Gasteiger partial charge in [-0.15, -0.1) is 0 Å². The molecule has 0 aliphatic carbocycles. The Morgan fingerprint density at radius 1 is 1.07 bits per heavy atom. The van der Waals surface area contributed by atoms with E-state index in [-0.39, 0.29) is 17.7 Å². The number of anilines is 1. The lowest BCUT2D eigenvalue weighted by molar-refractivity contribution is 0.412. The lowest BCUT2D eigenvalue weighted by Crippen LogP contribution is -2.16. The van der Waals surface area contributed by atoms with E-state index in [1.165, 1.54) is 18.3 Å². The van der Waals surface area contributed by atoms with Crippen LogP contribution in [-0.2, 0) is 6.54 Å². The maximum atomic E-state index is 13.3. The van der Waals surface area contributed by atoms with Crippen LogP contribution in [0.15, 0.2) is 67.0 Å². The van der Waals surface area contributed by atoms with Crippen molar-refractivity contribution >= 4 is 16.6 Å². The molecule has 1 N–H and O–H groups in total. The van der Waals surface area contributed by atoms with E-state index in [1.54, 1.807) is 30.5 Å². The molecule has 0 saturated carbocycles. The normalized spacial score (nSPS) is 10.8. The summed E-state index contributed by atoms with van der Waals surface area (Å²) in [7, 11) is 1.93. The molecule has 140 valence electrons. The van der Waals surface area contributed by atoms with Gasteiger partial charge in [0.1, 0.15) is 11.6 Å². The number of nitrogens with zero attached hydrogens (tertiary/aromatic N) is 4. The first-order chi connectivity index (χ1) is 13.6. The van der Waals surface area contributed by atoms with Crippen molar-refractivity contribution < 1.29 is 14.2 Å². The van der Waals surface area contributed by atoms with Crippen LogP contribution in [0, 0.1) is 5.82 Å². The SMILES string of the molecule is CN(Cc1cccc(F)c1)c1ccc(Oc2nc(O)c3ccncc3n2)cc1. The topological polar surface area (TPSA) is 71.4 Å². The van der Waals surface area contributed by atoms with Gasteiger partial charge in [-0.2, -0.15) is 9.97 Å². The third-order valence-corrected chi connectivity index (χ3v) is 4.25. The summed E-state index contributed by atoms with van der Waals surface area (Å²) in [6.45, 7) is 0.576.